The number of carbonyl (C=O) groups excluding carboxylic acids is 1. The molecule has 0 radical (unpaired) electrons. The molecular weight excluding hydrogens is 175 g/mol. The van der Waals surface area contributed by atoms with Crippen LogP contribution >= 0.6 is 21.6 Å². The average molecular weight is 177 g/mol. The zero-order valence-corrected chi connectivity index (χ0v) is 5.57. The minimum Gasteiger partial charge on any atom is -0.360 e. The average Bonchev–Trinajstić information content (AvgIpc) is 1.59. The number of hydrogen-bond donors (Lipinski definition) is 1. The van der Waals surface area contributed by atoms with E-state index in [2.05, 4.69) is 5.73 Å². The van der Waals surface area contributed by atoms with Gasteiger partial charge in [-0.3, -0.25) is 4.79 Å². The van der Waals surface area contributed by atoms with Gasteiger partial charge in [0.05, 0.1) is 0 Å². The van der Waals surface area contributed by atoms with E-state index in [1.807, 2.05) is 0 Å². The summed E-state index contributed by atoms with van der Waals surface area (Å²) < 4.78 is 33.5. The molecule has 0 heterocycles. The second kappa shape index (κ2) is 3.21. The van der Waals surface area contributed by atoms with Gasteiger partial charge in [-0.15, -0.1) is 0 Å². The Balaban J connectivity index is 3.39. The predicted octanol–water partition coefficient (Wildman–Crippen LogP) is 1.97. The minimum absolute atomic E-state index is 0.0313. The molecule has 0 rings (SSSR count). The molecule has 1 amide bonds. The third kappa shape index (κ3) is 7.96. The van der Waals surface area contributed by atoms with Crippen LogP contribution in [-0.2, 0) is 0 Å². The number of carbonyl (C=O) groups is 1. The summed E-state index contributed by atoms with van der Waals surface area (Å²) in [6, 6.07) is 0. The molecule has 0 spiro atoms. The fourth-order valence-corrected chi connectivity index (χ4v) is 0.795. The first kappa shape index (κ1) is 8.96. The van der Waals surface area contributed by atoms with Crippen LogP contribution in [0.4, 0.5) is 18.0 Å². The number of amides is 1. The fourth-order valence-electron chi connectivity index (χ4n) is 0.0883. The molecule has 0 saturated heterocycles. The molecule has 0 aliphatic carbocycles. The van der Waals surface area contributed by atoms with E-state index >= 15 is 0 Å². The van der Waals surface area contributed by atoms with Crippen LogP contribution in [0.3, 0.4) is 0 Å². The van der Waals surface area contributed by atoms with E-state index in [9.17, 15) is 18.0 Å². The van der Waals surface area contributed by atoms with Crippen LogP contribution in [0.25, 0.3) is 0 Å². The smallest absolute Gasteiger partial charge is 0.360 e. The first-order valence-corrected chi connectivity index (χ1v) is 3.78. The SMILES string of the molecule is NC(=O)SSC(F)(F)F. The lowest BCUT2D eigenvalue weighted by Crippen LogP contribution is -2.04. The molecule has 0 atom stereocenters. The van der Waals surface area contributed by atoms with Crippen LogP contribution in [0.15, 0.2) is 0 Å². The van der Waals surface area contributed by atoms with Crippen molar-refractivity contribution in [3.63, 3.8) is 0 Å². The predicted molar refractivity (Wildman–Crippen MR) is 30.8 cm³/mol. The van der Waals surface area contributed by atoms with Gasteiger partial charge in [-0.2, -0.15) is 13.2 Å². The molecule has 54 valence electrons. The van der Waals surface area contributed by atoms with E-state index in [-0.39, 0.29) is 10.8 Å². The zero-order valence-electron chi connectivity index (χ0n) is 3.94. The Morgan fingerprint density at radius 2 is 1.89 bits per heavy atom. The fraction of sp³-hybridized carbons (Fsp3) is 0.500. The van der Waals surface area contributed by atoms with Crippen molar-refractivity contribution in [2.24, 2.45) is 5.73 Å². The summed E-state index contributed by atoms with van der Waals surface area (Å²) in [6.45, 7) is 0. The quantitative estimate of drug-likeness (QED) is 0.622. The van der Waals surface area contributed by atoms with Gasteiger partial charge in [0.25, 0.3) is 5.24 Å². The van der Waals surface area contributed by atoms with Crippen molar-refractivity contribution in [1.29, 1.82) is 0 Å². The second-order valence-electron chi connectivity index (χ2n) is 0.931. The number of primary amides is 1. The van der Waals surface area contributed by atoms with Crippen molar-refractivity contribution in [3.8, 4) is 0 Å². The molecular formula is C2H2F3NOS2. The van der Waals surface area contributed by atoms with E-state index in [0.717, 1.165) is 0 Å². The highest BCUT2D eigenvalue weighted by Gasteiger charge is 2.29. The van der Waals surface area contributed by atoms with Gasteiger partial charge in [-0.1, -0.05) is 0 Å². The summed E-state index contributed by atoms with van der Waals surface area (Å²) in [5.74, 6) is 0. The Kier molecular flexibility index (Phi) is 3.20. The Labute approximate surface area is 56.7 Å². The maximum Gasteiger partial charge on any atom is 0.452 e. The molecule has 9 heavy (non-hydrogen) atoms. The van der Waals surface area contributed by atoms with Gasteiger partial charge in [-0.25, -0.2) is 0 Å². The van der Waals surface area contributed by atoms with Gasteiger partial charge < -0.3 is 5.73 Å². The third-order valence-electron chi connectivity index (χ3n) is 0.218. The van der Waals surface area contributed by atoms with Crippen LogP contribution < -0.4 is 5.73 Å². The van der Waals surface area contributed by atoms with E-state index in [1.54, 1.807) is 0 Å². The number of alkyl halides is 3. The largest absolute Gasteiger partial charge is 0.452 e. The molecule has 2 N–H and O–H groups in total. The number of halogens is 3. The molecule has 7 heteroatoms. The number of rotatable bonds is 1. The molecule has 0 fully saturated rings. The Hall–Kier alpha value is -0.0400. The van der Waals surface area contributed by atoms with Crippen molar-refractivity contribution >= 4 is 26.8 Å². The van der Waals surface area contributed by atoms with Gasteiger partial charge in [0.1, 0.15) is 0 Å². The van der Waals surface area contributed by atoms with Crippen LogP contribution in [0.1, 0.15) is 0 Å². The van der Waals surface area contributed by atoms with Crippen molar-refractivity contribution in [2.45, 2.75) is 5.51 Å². The standard InChI is InChI=1S/C2H2F3NOS2/c3-2(4,5)9-8-1(6)7/h(H2,6,7). The van der Waals surface area contributed by atoms with Crippen molar-refractivity contribution < 1.29 is 18.0 Å². The van der Waals surface area contributed by atoms with Gasteiger partial charge >= 0.3 is 5.51 Å². The maximum absolute atomic E-state index is 11.2. The highest BCUT2D eigenvalue weighted by Crippen LogP contribution is 2.39. The molecule has 0 unspecified atom stereocenters. The van der Waals surface area contributed by atoms with E-state index in [4.69, 9.17) is 0 Å². The summed E-state index contributed by atoms with van der Waals surface area (Å²) in [5, 5.41) is -1.04. The van der Waals surface area contributed by atoms with E-state index in [1.165, 1.54) is 0 Å². The first-order chi connectivity index (χ1) is 3.92. The van der Waals surface area contributed by atoms with Crippen LogP contribution in [-0.4, -0.2) is 10.7 Å². The third-order valence-corrected chi connectivity index (χ3v) is 1.96. The lowest BCUT2D eigenvalue weighted by molar-refractivity contribution is -0.0311. The molecule has 0 aromatic carbocycles. The lowest BCUT2D eigenvalue weighted by atomic mass is 11.5. The van der Waals surface area contributed by atoms with E-state index < -0.39 is 21.5 Å². The Morgan fingerprint density at radius 3 is 2.00 bits per heavy atom. The summed E-state index contributed by atoms with van der Waals surface area (Å²) in [6.07, 6.45) is 0. The van der Waals surface area contributed by atoms with Gasteiger partial charge in [-0.05, 0) is 0 Å². The molecule has 0 aromatic heterocycles. The topological polar surface area (TPSA) is 43.1 Å². The monoisotopic (exact) mass is 177 g/mol. The zero-order chi connectivity index (χ0) is 7.49. The highest BCUT2D eigenvalue weighted by atomic mass is 33.1. The van der Waals surface area contributed by atoms with Crippen molar-refractivity contribution in [2.75, 3.05) is 0 Å². The van der Waals surface area contributed by atoms with Crippen LogP contribution in [0.5, 0.6) is 0 Å². The molecule has 0 saturated carbocycles. The maximum atomic E-state index is 11.2. The first-order valence-electron chi connectivity index (χ1n) is 1.63. The highest BCUT2D eigenvalue weighted by molar-refractivity contribution is 8.82. The summed E-state index contributed by atoms with van der Waals surface area (Å²) >= 11 is 0. The molecule has 0 aromatic rings. The number of hydrogen-bond acceptors (Lipinski definition) is 3. The normalized spacial score (nSPS) is 11.4. The summed E-state index contributed by atoms with van der Waals surface area (Å²) in [7, 11) is -0.547. The Bertz CT molecular complexity index is 113. The molecule has 0 bridgehead atoms. The van der Waals surface area contributed by atoms with Crippen LogP contribution in [0, 0.1) is 0 Å². The summed E-state index contributed by atoms with van der Waals surface area (Å²) in [5.41, 5.74) is 0.0136. The van der Waals surface area contributed by atoms with Gasteiger partial charge in [0, 0.05) is 21.6 Å². The Morgan fingerprint density at radius 1 is 1.44 bits per heavy atom. The molecule has 0 aliphatic rings. The van der Waals surface area contributed by atoms with Gasteiger partial charge in [0.2, 0.25) is 0 Å². The second-order valence-corrected chi connectivity index (χ2v) is 3.13. The lowest BCUT2D eigenvalue weighted by Gasteiger charge is -1.99. The number of nitrogens with two attached hydrogens (primary N) is 1. The molecule has 2 nitrogen and oxygen atoms in total. The van der Waals surface area contributed by atoms with Crippen molar-refractivity contribution in [1.82, 2.24) is 0 Å². The van der Waals surface area contributed by atoms with Crippen LogP contribution in [0.2, 0.25) is 0 Å². The molecule has 0 aliphatic heterocycles. The van der Waals surface area contributed by atoms with E-state index in [0.29, 0.717) is 0 Å². The van der Waals surface area contributed by atoms with Crippen molar-refractivity contribution in [3.05, 3.63) is 0 Å². The minimum atomic E-state index is -4.39. The van der Waals surface area contributed by atoms with Gasteiger partial charge in [0.15, 0.2) is 0 Å². The summed E-state index contributed by atoms with van der Waals surface area (Å²) in [4.78, 5) is 9.71.